The topological polar surface area (TPSA) is 87.9 Å². The fourth-order valence-electron chi connectivity index (χ4n) is 6.75. The number of hydrogen-bond acceptors (Lipinski definition) is 7. The van der Waals surface area contributed by atoms with Crippen molar-refractivity contribution in [2.75, 3.05) is 31.2 Å². The van der Waals surface area contributed by atoms with Gasteiger partial charge in [-0.1, -0.05) is 44.2 Å². The van der Waals surface area contributed by atoms with Crippen LogP contribution in [-0.4, -0.2) is 70.0 Å². The van der Waals surface area contributed by atoms with Crippen molar-refractivity contribution in [1.82, 2.24) is 14.5 Å². The summed E-state index contributed by atoms with van der Waals surface area (Å²) in [5, 5.41) is 9.69. The Morgan fingerprint density at radius 3 is 2.55 bits per heavy atom. The minimum Gasteiger partial charge on any atom is -0.465 e. The van der Waals surface area contributed by atoms with Gasteiger partial charge in [-0.05, 0) is 65.0 Å². The van der Waals surface area contributed by atoms with Crippen LogP contribution < -0.4 is 10.5 Å². The lowest BCUT2D eigenvalue weighted by Crippen LogP contribution is -2.45. The Bertz CT molecular complexity index is 1110. The van der Waals surface area contributed by atoms with E-state index in [1.54, 1.807) is 11.8 Å². The first-order valence-corrected chi connectivity index (χ1v) is 14.7. The van der Waals surface area contributed by atoms with Crippen LogP contribution in [0.15, 0.2) is 29.1 Å². The number of ether oxygens (including phenoxy) is 1. The third-order valence-corrected chi connectivity index (χ3v) is 8.47. The highest BCUT2D eigenvalue weighted by atomic mass is 16.5. The highest BCUT2D eigenvalue weighted by molar-refractivity contribution is 5.79. The van der Waals surface area contributed by atoms with Crippen LogP contribution in [0.5, 0.6) is 0 Å². The number of rotatable bonds is 10. The van der Waals surface area contributed by atoms with Gasteiger partial charge in [0.15, 0.2) is 5.82 Å². The molecule has 1 aromatic heterocycles. The Hall–Kier alpha value is -2.45. The Balaban J connectivity index is 1.65. The molecule has 4 rings (SSSR count). The number of carbonyl (C=O) groups excluding carboxylic acids is 1. The van der Waals surface area contributed by atoms with E-state index in [1.165, 1.54) is 51.4 Å². The molecule has 1 aromatic carbocycles. The number of aromatic nitrogens is 2. The zero-order valence-corrected chi connectivity index (χ0v) is 23.5. The van der Waals surface area contributed by atoms with E-state index in [0.717, 1.165) is 18.4 Å². The van der Waals surface area contributed by atoms with Gasteiger partial charge in [0.05, 0.1) is 24.2 Å². The Kier molecular flexibility index (Phi) is 10.2. The monoisotopic (exact) mass is 526 g/mol. The second-order valence-corrected chi connectivity index (χ2v) is 11.2. The van der Waals surface area contributed by atoms with E-state index in [1.807, 2.05) is 28.8 Å². The molecule has 1 N–H and O–H groups in total. The number of likely N-dealkylation sites (tertiary alicyclic amines) is 1. The number of carbonyl (C=O) groups is 1. The molecule has 1 saturated heterocycles. The second-order valence-electron chi connectivity index (χ2n) is 11.2. The van der Waals surface area contributed by atoms with Crippen molar-refractivity contribution in [3.63, 3.8) is 0 Å². The molecule has 2 aromatic rings. The lowest BCUT2D eigenvalue weighted by molar-refractivity contribution is -0.141. The van der Waals surface area contributed by atoms with Gasteiger partial charge in [0, 0.05) is 30.7 Å². The van der Waals surface area contributed by atoms with Crippen molar-refractivity contribution < 1.29 is 14.6 Å². The van der Waals surface area contributed by atoms with Crippen molar-refractivity contribution in [1.29, 1.82) is 0 Å². The van der Waals surface area contributed by atoms with E-state index in [4.69, 9.17) is 4.74 Å². The molecular weight excluding hydrogens is 480 g/mol. The first-order valence-electron chi connectivity index (χ1n) is 14.7. The number of hydrogen-bond donors (Lipinski definition) is 1. The average Bonchev–Trinajstić information content (AvgIpc) is 3.23. The quantitative estimate of drug-likeness (QED) is 0.450. The van der Waals surface area contributed by atoms with Crippen LogP contribution in [0.25, 0.3) is 11.0 Å². The molecular formula is C30H46N4O4. The molecule has 0 unspecified atom stereocenters. The molecule has 1 saturated carbocycles. The fraction of sp³-hybridized carbons (Fsp3) is 0.700. The van der Waals surface area contributed by atoms with Crippen LogP contribution >= 0.6 is 0 Å². The molecule has 0 amide bonds. The largest absolute Gasteiger partial charge is 0.465 e. The highest BCUT2D eigenvalue weighted by Gasteiger charge is 2.37. The molecule has 2 fully saturated rings. The van der Waals surface area contributed by atoms with Crippen molar-refractivity contribution >= 4 is 22.8 Å². The predicted octanol–water partition coefficient (Wildman–Crippen LogP) is 4.68. The van der Waals surface area contributed by atoms with Crippen molar-refractivity contribution in [2.24, 2.45) is 0 Å². The maximum absolute atomic E-state index is 14.0. The van der Waals surface area contributed by atoms with Crippen molar-refractivity contribution in [3.05, 3.63) is 34.6 Å². The summed E-state index contributed by atoms with van der Waals surface area (Å²) in [5.41, 5.74) is 1.28. The third kappa shape index (κ3) is 6.57. The number of esters is 1. The minimum atomic E-state index is -0.440. The molecule has 2 aliphatic rings. The summed E-state index contributed by atoms with van der Waals surface area (Å²) in [6, 6.07) is 9.32. The Labute approximate surface area is 227 Å². The van der Waals surface area contributed by atoms with E-state index in [9.17, 15) is 14.7 Å². The van der Waals surface area contributed by atoms with Gasteiger partial charge in [-0.3, -0.25) is 14.5 Å². The third-order valence-electron chi connectivity index (χ3n) is 8.47. The highest BCUT2D eigenvalue weighted by Crippen LogP contribution is 2.36. The predicted molar refractivity (Wildman–Crippen MR) is 152 cm³/mol. The lowest BCUT2D eigenvalue weighted by Gasteiger charge is -2.38. The van der Waals surface area contributed by atoms with Gasteiger partial charge in [-0.15, -0.1) is 0 Å². The maximum Gasteiger partial charge on any atom is 0.325 e. The van der Waals surface area contributed by atoms with Crippen LogP contribution in [0.2, 0.25) is 0 Å². The smallest absolute Gasteiger partial charge is 0.325 e. The number of nitrogens with zero attached hydrogens (tertiary/aromatic N) is 4. The molecule has 0 radical (unpaired) electrons. The van der Waals surface area contributed by atoms with Gasteiger partial charge < -0.3 is 19.3 Å². The van der Waals surface area contributed by atoms with Crippen LogP contribution in [0.4, 0.5) is 5.82 Å². The summed E-state index contributed by atoms with van der Waals surface area (Å²) in [4.78, 5) is 35.3. The first-order chi connectivity index (χ1) is 18.4. The molecule has 3 atom stereocenters. The molecule has 8 nitrogen and oxygen atoms in total. The molecule has 8 heteroatoms. The van der Waals surface area contributed by atoms with E-state index in [0.29, 0.717) is 23.6 Å². The van der Waals surface area contributed by atoms with Gasteiger partial charge in [0.2, 0.25) is 0 Å². The molecule has 0 bridgehead atoms. The van der Waals surface area contributed by atoms with Gasteiger partial charge in [-0.2, -0.15) is 0 Å². The number of para-hydroxylation sites is 2. The number of aliphatic hydroxyl groups is 1. The van der Waals surface area contributed by atoms with E-state index < -0.39 is 5.97 Å². The van der Waals surface area contributed by atoms with Crippen LogP contribution in [0.1, 0.15) is 91.0 Å². The van der Waals surface area contributed by atoms with Gasteiger partial charge in [-0.25, -0.2) is 4.98 Å². The van der Waals surface area contributed by atoms with Gasteiger partial charge in [0.1, 0.15) is 6.54 Å². The molecule has 1 aliphatic heterocycles. The van der Waals surface area contributed by atoms with Crippen LogP contribution in [0.3, 0.4) is 0 Å². The molecule has 1 aliphatic carbocycles. The van der Waals surface area contributed by atoms with E-state index in [-0.39, 0.29) is 43.7 Å². The summed E-state index contributed by atoms with van der Waals surface area (Å²) < 4.78 is 6.99. The van der Waals surface area contributed by atoms with Crippen molar-refractivity contribution in [2.45, 2.75) is 109 Å². The lowest BCUT2D eigenvalue weighted by atomic mass is 9.94. The van der Waals surface area contributed by atoms with E-state index >= 15 is 0 Å². The maximum atomic E-state index is 14.0. The molecule has 38 heavy (non-hydrogen) atoms. The van der Waals surface area contributed by atoms with Gasteiger partial charge >= 0.3 is 5.97 Å². The normalized spacial score (nSPS) is 22.2. The van der Waals surface area contributed by atoms with Gasteiger partial charge in [0.25, 0.3) is 5.56 Å². The van der Waals surface area contributed by atoms with Crippen LogP contribution in [-0.2, 0) is 9.53 Å². The van der Waals surface area contributed by atoms with Crippen molar-refractivity contribution in [3.8, 4) is 0 Å². The number of fused-ring (bicyclic) bond motifs is 1. The Morgan fingerprint density at radius 2 is 1.84 bits per heavy atom. The number of aliphatic hydroxyl groups excluding tert-OH is 1. The number of anilines is 1. The number of benzene rings is 1. The summed E-state index contributed by atoms with van der Waals surface area (Å²) in [7, 11) is 0. The van der Waals surface area contributed by atoms with Crippen LogP contribution in [0, 0.1) is 0 Å². The fourth-order valence-corrected chi connectivity index (χ4v) is 6.75. The zero-order chi connectivity index (χ0) is 27.1. The molecule has 210 valence electrons. The first kappa shape index (κ1) is 28.6. The van der Waals surface area contributed by atoms with E-state index in [2.05, 4.69) is 23.7 Å². The minimum absolute atomic E-state index is 0.0425. The average molecular weight is 527 g/mol. The second kappa shape index (κ2) is 13.6. The summed E-state index contributed by atoms with van der Waals surface area (Å²) >= 11 is 0. The molecule has 2 heterocycles. The summed E-state index contributed by atoms with van der Waals surface area (Å²) in [5.74, 6) is -0.251. The standard InChI is InChI=1S/C30H46N4O4/c1-4-38-28(36)21-32(18-19-35)29-30(37)34(27-15-11-10-14-26(27)31-29)23(3)20-25-17-16-22(2)33(25)24-12-8-6-5-7-9-13-24/h10-11,14-15,22-25,35H,4-9,12-13,16-21H2,1-3H3/t22-,23-,25-/m0/s1. The SMILES string of the molecule is CCOC(=O)CN(CCO)c1nc2ccccc2n([C@@H](C)C[C@@H]2CC[C@H](C)N2C2CCCCCCC2)c1=O. The molecule has 0 spiro atoms. The zero-order valence-electron chi connectivity index (χ0n) is 23.5. The summed E-state index contributed by atoms with van der Waals surface area (Å²) in [6.45, 7) is 6.33. The summed E-state index contributed by atoms with van der Waals surface area (Å²) in [6.07, 6.45) is 12.5. The Morgan fingerprint density at radius 1 is 1.13 bits per heavy atom.